The zero-order chi connectivity index (χ0) is 17.6. The Bertz CT molecular complexity index is 1090. The molecule has 0 radical (unpaired) electrons. The number of amides is 1. The average Bonchev–Trinajstić information content (AvgIpc) is 3.14. The molecular formula is C17H11BrN2O3S2. The molecule has 0 aliphatic carbocycles. The quantitative estimate of drug-likeness (QED) is 0.626. The Morgan fingerprint density at radius 1 is 1.12 bits per heavy atom. The molecule has 2 aromatic carbocycles. The van der Waals surface area contributed by atoms with Crippen molar-refractivity contribution in [2.45, 2.75) is 11.4 Å². The summed E-state index contributed by atoms with van der Waals surface area (Å²) in [4.78, 5) is 17.0. The molecule has 0 fully saturated rings. The van der Waals surface area contributed by atoms with Crippen molar-refractivity contribution in [2.24, 2.45) is 0 Å². The monoisotopic (exact) mass is 434 g/mol. The fraction of sp³-hybridized carbons (Fsp3) is 0.0588. The van der Waals surface area contributed by atoms with Crippen LogP contribution in [0, 0.1) is 0 Å². The van der Waals surface area contributed by atoms with Gasteiger partial charge in [-0.1, -0.05) is 40.2 Å². The normalized spacial score (nSPS) is 15.4. The van der Waals surface area contributed by atoms with Crippen LogP contribution in [0.1, 0.15) is 16.1 Å². The van der Waals surface area contributed by atoms with E-state index in [4.69, 9.17) is 0 Å². The molecule has 2 heterocycles. The van der Waals surface area contributed by atoms with E-state index in [1.807, 2.05) is 24.3 Å². The second-order valence-electron chi connectivity index (χ2n) is 5.47. The van der Waals surface area contributed by atoms with Gasteiger partial charge in [0.05, 0.1) is 17.8 Å². The Morgan fingerprint density at radius 3 is 2.68 bits per heavy atom. The van der Waals surface area contributed by atoms with E-state index in [-0.39, 0.29) is 17.0 Å². The van der Waals surface area contributed by atoms with E-state index >= 15 is 0 Å². The molecule has 1 aliphatic heterocycles. The Morgan fingerprint density at radius 2 is 1.92 bits per heavy atom. The van der Waals surface area contributed by atoms with Gasteiger partial charge < -0.3 is 0 Å². The molecule has 0 bridgehead atoms. The maximum absolute atomic E-state index is 12.6. The van der Waals surface area contributed by atoms with E-state index in [9.17, 15) is 13.2 Å². The van der Waals surface area contributed by atoms with Gasteiger partial charge in [-0.05, 0) is 24.3 Å². The van der Waals surface area contributed by atoms with Crippen LogP contribution >= 0.6 is 27.3 Å². The average molecular weight is 435 g/mol. The largest absolute Gasteiger partial charge is 0.269 e. The van der Waals surface area contributed by atoms with Crippen LogP contribution in [0.4, 0.5) is 0 Å². The first-order valence-corrected chi connectivity index (χ1v) is 10.4. The van der Waals surface area contributed by atoms with Crippen LogP contribution in [0.15, 0.2) is 63.3 Å². The number of nitrogens with zero attached hydrogens (tertiary/aromatic N) is 2. The summed E-state index contributed by atoms with van der Waals surface area (Å²) in [7, 11) is -3.81. The first-order chi connectivity index (χ1) is 12.0. The van der Waals surface area contributed by atoms with Gasteiger partial charge in [0.25, 0.3) is 15.9 Å². The van der Waals surface area contributed by atoms with E-state index in [0.29, 0.717) is 5.69 Å². The fourth-order valence-electron chi connectivity index (χ4n) is 2.67. The molecule has 8 heteroatoms. The van der Waals surface area contributed by atoms with Crippen LogP contribution in [0.25, 0.3) is 10.6 Å². The van der Waals surface area contributed by atoms with Gasteiger partial charge in [-0.3, -0.25) is 4.79 Å². The highest BCUT2D eigenvalue weighted by Crippen LogP contribution is 2.32. The molecule has 0 saturated heterocycles. The van der Waals surface area contributed by atoms with Gasteiger partial charge in [0.1, 0.15) is 9.90 Å². The summed E-state index contributed by atoms with van der Waals surface area (Å²) in [6.07, 6.45) is 0. The second-order valence-corrected chi connectivity index (χ2v) is 9.07. The number of aromatic nitrogens is 1. The molecule has 1 aromatic heterocycles. The Labute approximate surface area is 157 Å². The summed E-state index contributed by atoms with van der Waals surface area (Å²) in [5, 5.41) is 2.56. The molecule has 0 saturated carbocycles. The molecular weight excluding hydrogens is 424 g/mol. The maximum atomic E-state index is 12.6. The van der Waals surface area contributed by atoms with Crippen molar-refractivity contribution >= 4 is 43.2 Å². The van der Waals surface area contributed by atoms with Crippen LogP contribution < -0.4 is 0 Å². The molecule has 0 unspecified atom stereocenters. The lowest BCUT2D eigenvalue weighted by atomic mass is 10.2. The Kier molecular flexibility index (Phi) is 3.98. The van der Waals surface area contributed by atoms with E-state index < -0.39 is 15.9 Å². The molecule has 5 nitrogen and oxygen atoms in total. The maximum Gasteiger partial charge on any atom is 0.269 e. The van der Waals surface area contributed by atoms with Crippen LogP contribution in [0.3, 0.4) is 0 Å². The van der Waals surface area contributed by atoms with Crippen molar-refractivity contribution in [1.29, 1.82) is 0 Å². The van der Waals surface area contributed by atoms with E-state index in [0.717, 1.165) is 19.3 Å². The standard InChI is InChI=1S/C17H11BrN2O3S2/c18-12-5-3-4-11(8-12)16-19-13(10-24-16)9-20-17(21)14-6-1-2-7-15(14)25(20,22)23/h1-8,10H,9H2. The summed E-state index contributed by atoms with van der Waals surface area (Å²) in [5.41, 5.74) is 1.69. The number of fused-ring (bicyclic) bond motifs is 1. The molecule has 1 aliphatic rings. The number of halogens is 1. The van der Waals surface area contributed by atoms with Crippen LogP contribution in [0.2, 0.25) is 0 Å². The molecule has 1 amide bonds. The van der Waals surface area contributed by atoms with Gasteiger partial charge in [-0.2, -0.15) is 0 Å². The highest BCUT2D eigenvalue weighted by atomic mass is 79.9. The van der Waals surface area contributed by atoms with Gasteiger partial charge in [0.15, 0.2) is 0 Å². The third-order valence-corrected chi connectivity index (χ3v) is 7.06. The molecule has 0 spiro atoms. The Balaban J connectivity index is 1.65. The number of thiazole rings is 1. The van der Waals surface area contributed by atoms with Crippen molar-refractivity contribution in [3.8, 4) is 10.6 Å². The lowest BCUT2D eigenvalue weighted by Crippen LogP contribution is -2.29. The summed E-state index contributed by atoms with van der Waals surface area (Å²) >= 11 is 4.84. The van der Waals surface area contributed by atoms with Crippen molar-refractivity contribution in [3.05, 3.63) is 69.6 Å². The first-order valence-electron chi connectivity index (χ1n) is 7.33. The van der Waals surface area contributed by atoms with Crippen LogP contribution in [-0.2, 0) is 16.6 Å². The molecule has 4 rings (SSSR count). The van der Waals surface area contributed by atoms with Crippen molar-refractivity contribution < 1.29 is 13.2 Å². The highest BCUT2D eigenvalue weighted by molar-refractivity contribution is 9.10. The first kappa shape index (κ1) is 16.4. The van der Waals surface area contributed by atoms with Gasteiger partial charge in [0, 0.05) is 15.4 Å². The molecule has 3 aromatic rings. The number of sulfonamides is 1. The van der Waals surface area contributed by atoms with Gasteiger partial charge in [-0.25, -0.2) is 17.7 Å². The molecule has 126 valence electrons. The van der Waals surface area contributed by atoms with Crippen LogP contribution in [0.5, 0.6) is 0 Å². The summed E-state index contributed by atoms with van der Waals surface area (Å²) in [6, 6.07) is 14.0. The minimum absolute atomic E-state index is 0.0578. The van der Waals surface area contributed by atoms with Gasteiger partial charge >= 0.3 is 0 Å². The SMILES string of the molecule is O=C1c2ccccc2S(=O)(=O)N1Cc1csc(-c2cccc(Br)c2)n1. The number of hydrogen-bond acceptors (Lipinski definition) is 5. The fourth-order valence-corrected chi connectivity index (χ4v) is 5.42. The minimum atomic E-state index is -3.81. The number of rotatable bonds is 3. The molecule has 0 N–H and O–H groups in total. The topological polar surface area (TPSA) is 67.3 Å². The lowest BCUT2D eigenvalue weighted by molar-refractivity contribution is 0.0864. The van der Waals surface area contributed by atoms with Crippen molar-refractivity contribution in [2.75, 3.05) is 0 Å². The lowest BCUT2D eigenvalue weighted by Gasteiger charge is -2.13. The number of carbonyl (C=O) groups is 1. The zero-order valence-corrected chi connectivity index (χ0v) is 15.9. The zero-order valence-electron chi connectivity index (χ0n) is 12.7. The number of carbonyl (C=O) groups excluding carboxylic acids is 1. The summed E-state index contributed by atoms with van der Waals surface area (Å²) in [5.74, 6) is -0.507. The van der Waals surface area contributed by atoms with Crippen molar-refractivity contribution in [3.63, 3.8) is 0 Å². The van der Waals surface area contributed by atoms with Gasteiger partial charge in [0.2, 0.25) is 0 Å². The molecule has 0 atom stereocenters. The van der Waals surface area contributed by atoms with E-state index in [2.05, 4.69) is 20.9 Å². The number of benzene rings is 2. The summed E-state index contributed by atoms with van der Waals surface area (Å²) in [6.45, 7) is -0.0691. The predicted molar refractivity (Wildman–Crippen MR) is 98.8 cm³/mol. The smallest absolute Gasteiger partial charge is 0.268 e. The predicted octanol–water partition coefficient (Wildman–Crippen LogP) is 3.92. The van der Waals surface area contributed by atoms with E-state index in [1.54, 1.807) is 17.5 Å². The number of hydrogen-bond donors (Lipinski definition) is 0. The Hall–Kier alpha value is -2.03. The second kappa shape index (κ2) is 6.05. The third-order valence-electron chi connectivity index (χ3n) is 3.84. The van der Waals surface area contributed by atoms with Crippen LogP contribution in [-0.4, -0.2) is 23.6 Å². The third kappa shape index (κ3) is 2.80. The van der Waals surface area contributed by atoms with Gasteiger partial charge in [-0.15, -0.1) is 11.3 Å². The highest BCUT2D eigenvalue weighted by Gasteiger charge is 2.41. The minimum Gasteiger partial charge on any atom is -0.268 e. The molecule has 25 heavy (non-hydrogen) atoms. The van der Waals surface area contributed by atoms with E-state index in [1.165, 1.54) is 23.5 Å². The summed E-state index contributed by atoms with van der Waals surface area (Å²) < 4.78 is 27.0. The van der Waals surface area contributed by atoms with Crippen molar-refractivity contribution in [1.82, 2.24) is 9.29 Å².